The van der Waals surface area contributed by atoms with Gasteiger partial charge in [-0.05, 0) is 72.1 Å². The van der Waals surface area contributed by atoms with Gasteiger partial charge in [0.2, 0.25) is 0 Å². The Morgan fingerprint density at radius 3 is 1.28 bits per heavy atom. The third kappa shape index (κ3) is 4.46. The Hall–Kier alpha value is -3.04. The molecule has 0 unspecified atom stereocenters. The van der Waals surface area contributed by atoms with Crippen molar-refractivity contribution >= 4 is 68.9 Å². The lowest BCUT2D eigenvalue weighted by atomic mass is 10.2. The van der Waals surface area contributed by atoms with E-state index in [-0.39, 0.29) is 0 Å². The Labute approximate surface area is 224 Å². The number of aromatic nitrogens is 4. The van der Waals surface area contributed by atoms with E-state index in [4.69, 9.17) is 19.9 Å². The molecule has 6 aromatic rings. The molecular formula is C28H16N4S4. The van der Waals surface area contributed by atoms with Crippen LogP contribution in [-0.2, 0) is 0 Å². The molecule has 3 heterocycles. The van der Waals surface area contributed by atoms with E-state index in [1.165, 1.54) is 0 Å². The van der Waals surface area contributed by atoms with Gasteiger partial charge >= 0.3 is 0 Å². The van der Waals surface area contributed by atoms with Gasteiger partial charge in [0.15, 0.2) is 10.3 Å². The van der Waals surface area contributed by atoms with Crippen molar-refractivity contribution in [3.8, 4) is 0 Å². The maximum absolute atomic E-state index is 4.98. The van der Waals surface area contributed by atoms with E-state index in [1.807, 2.05) is 24.3 Å². The molecule has 172 valence electrons. The molecule has 4 nitrogen and oxygen atoms in total. The van der Waals surface area contributed by atoms with Crippen LogP contribution < -0.4 is 0 Å². The highest BCUT2D eigenvalue weighted by atomic mass is 32.2. The van der Waals surface area contributed by atoms with Crippen LogP contribution in [0.4, 0.5) is 0 Å². The molecule has 0 N–H and O–H groups in total. The zero-order valence-electron chi connectivity index (χ0n) is 18.7. The molecule has 0 spiro atoms. The minimum Gasteiger partial charge on any atom is -0.222 e. The third-order valence-electron chi connectivity index (χ3n) is 5.55. The number of para-hydroxylation sites is 2. The van der Waals surface area contributed by atoms with Crippen LogP contribution in [0.3, 0.4) is 0 Å². The van der Waals surface area contributed by atoms with Gasteiger partial charge in [-0.1, -0.05) is 72.1 Å². The van der Waals surface area contributed by atoms with Crippen molar-refractivity contribution in [2.24, 2.45) is 0 Å². The van der Waals surface area contributed by atoms with Crippen molar-refractivity contribution < 1.29 is 0 Å². The van der Waals surface area contributed by atoms with Gasteiger partial charge in [-0.3, -0.25) is 0 Å². The maximum Gasteiger partial charge on any atom is 0.194 e. The fourth-order valence-electron chi connectivity index (χ4n) is 3.94. The van der Waals surface area contributed by atoms with Crippen molar-refractivity contribution in [2.75, 3.05) is 0 Å². The van der Waals surface area contributed by atoms with Gasteiger partial charge in [0.05, 0.1) is 11.0 Å². The lowest BCUT2D eigenvalue weighted by molar-refractivity contribution is 0.927. The normalized spacial score (nSPS) is 13.1. The van der Waals surface area contributed by atoms with Crippen molar-refractivity contribution in [2.45, 2.75) is 39.9 Å². The monoisotopic (exact) mass is 536 g/mol. The van der Waals surface area contributed by atoms with E-state index in [2.05, 4.69) is 72.8 Å². The minimum absolute atomic E-state index is 0.741. The lowest BCUT2D eigenvalue weighted by Gasteiger charge is -2.12. The van der Waals surface area contributed by atoms with E-state index >= 15 is 0 Å². The first-order valence-electron chi connectivity index (χ1n) is 11.2. The van der Waals surface area contributed by atoms with Gasteiger partial charge in [-0.15, -0.1) is 0 Å². The molecule has 0 fully saturated rings. The van der Waals surface area contributed by atoms with Crippen LogP contribution in [0.1, 0.15) is 0 Å². The molecule has 0 saturated heterocycles. The molecular weight excluding hydrogens is 521 g/mol. The zero-order valence-corrected chi connectivity index (χ0v) is 21.9. The fraction of sp³-hybridized carbons (Fsp3) is 0. The molecule has 0 aliphatic carbocycles. The molecule has 2 aromatic heterocycles. The Morgan fingerprint density at radius 2 is 0.806 bits per heavy atom. The quantitative estimate of drug-likeness (QED) is 0.141. The summed E-state index contributed by atoms with van der Waals surface area (Å²) in [5.74, 6) is 0. The SMILES string of the molecule is c1cc2cc(c1)Sc1nc(nc3ccccc13)Sc1cccc(c1)Sc1nc(nc3ccccc13)S2. The van der Waals surface area contributed by atoms with Crippen LogP contribution in [0.15, 0.2) is 137 Å². The summed E-state index contributed by atoms with van der Waals surface area (Å²) in [5, 5.41) is 5.49. The van der Waals surface area contributed by atoms with E-state index in [0.29, 0.717) is 0 Å². The third-order valence-corrected chi connectivity index (χ3v) is 9.25. The number of nitrogens with zero attached hydrogens (tertiary/aromatic N) is 4. The fourth-order valence-corrected chi connectivity index (χ4v) is 7.79. The molecule has 8 bridgehead atoms. The summed E-state index contributed by atoms with van der Waals surface area (Å²) in [6.45, 7) is 0. The van der Waals surface area contributed by atoms with E-state index < -0.39 is 0 Å². The van der Waals surface area contributed by atoms with Crippen LogP contribution in [0, 0.1) is 0 Å². The van der Waals surface area contributed by atoms with Crippen molar-refractivity contribution in [1.29, 1.82) is 0 Å². The molecule has 7 rings (SSSR count). The summed E-state index contributed by atoms with van der Waals surface area (Å²) in [7, 11) is 0. The smallest absolute Gasteiger partial charge is 0.194 e. The Morgan fingerprint density at radius 1 is 0.389 bits per heavy atom. The highest BCUT2D eigenvalue weighted by Crippen LogP contribution is 2.40. The predicted molar refractivity (Wildman–Crippen MR) is 148 cm³/mol. The van der Waals surface area contributed by atoms with Gasteiger partial charge in [-0.2, -0.15) is 0 Å². The van der Waals surface area contributed by atoms with E-state index in [1.54, 1.807) is 47.0 Å². The average Bonchev–Trinajstić information content (AvgIpc) is 2.89. The second-order valence-corrected chi connectivity index (χ2v) is 12.2. The Balaban J connectivity index is 1.43. The first-order chi connectivity index (χ1) is 17.8. The number of hydrogen-bond acceptors (Lipinski definition) is 8. The van der Waals surface area contributed by atoms with Crippen LogP contribution >= 0.6 is 47.0 Å². The summed E-state index contributed by atoms with van der Waals surface area (Å²) >= 11 is 6.49. The molecule has 1 aliphatic rings. The highest BCUT2D eigenvalue weighted by Gasteiger charge is 2.15. The summed E-state index contributed by atoms with van der Waals surface area (Å²) in [4.78, 5) is 24.1. The molecule has 0 saturated carbocycles. The number of hydrogen-bond donors (Lipinski definition) is 0. The van der Waals surface area contributed by atoms with Crippen molar-refractivity contribution in [1.82, 2.24) is 19.9 Å². The minimum atomic E-state index is 0.741. The molecule has 8 heteroatoms. The van der Waals surface area contributed by atoms with Crippen LogP contribution in [-0.4, -0.2) is 19.9 Å². The van der Waals surface area contributed by atoms with Crippen LogP contribution in [0.2, 0.25) is 0 Å². The summed E-state index contributed by atoms with van der Waals surface area (Å²) < 4.78 is 0. The second-order valence-electron chi connectivity index (χ2n) is 8.01. The number of rotatable bonds is 0. The van der Waals surface area contributed by atoms with Crippen LogP contribution in [0.25, 0.3) is 21.8 Å². The number of benzene rings is 4. The van der Waals surface area contributed by atoms with Crippen molar-refractivity contribution in [3.63, 3.8) is 0 Å². The van der Waals surface area contributed by atoms with Gasteiger partial charge in [0.1, 0.15) is 10.1 Å². The summed E-state index contributed by atoms with van der Waals surface area (Å²) in [6.07, 6.45) is 0. The Bertz CT molecular complexity index is 1640. The van der Waals surface area contributed by atoms with Gasteiger partial charge < -0.3 is 0 Å². The maximum atomic E-state index is 4.98. The van der Waals surface area contributed by atoms with Gasteiger partial charge in [0, 0.05) is 30.4 Å². The van der Waals surface area contributed by atoms with Gasteiger partial charge in [-0.25, -0.2) is 19.9 Å². The highest BCUT2D eigenvalue weighted by molar-refractivity contribution is 8.01. The second kappa shape index (κ2) is 9.44. The first kappa shape index (κ1) is 22.2. The standard InChI is InChI=1S/C28H16N4S4/c1-3-13-23-21(11-1)25-31-27(29-23)35-20-10-6-8-18(16-20)34-26-22-12-2-4-14-24(22)30-28(32-26)36-19-9-5-7-17(15-19)33-25/h1-16H. The van der Waals surface area contributed by atoms with E-state index in [0.717, 1.165) is 61.8 Å². The molecule has 4 aromatic carbocycles. The molecule has 0 amide bonds. The molecule has 1 aliphatic heterocycles. The lowest BCUT2D eigenvalue weighted by Crippen LogP contribution is -1.94. The summed E-state index contributed by atoms with van der Waals surface area (Å²) in [5.41, 5.74) is 1.90. The topological polar surface area (TPSA) is 51.6 Å². The van der Waals surface area contributed by atoms with Crippen LogP contribution in [0.5, 0.6) is 0 Å². The predicted octanol–water partition coefficient (Wildman–Crippen LogP) is 8.49. The number of fused-ring (bicyclic) bond motifs is 12. The van der Waals surface area contributed by atoms with E-state index in [9.17, 15) is 0 Å². The average molecular weight is 537 g/mol. The molecule has 0 atom stereocenters. The Kier molecular flexibility index (Phi) is 5.82. The zero-order chi connectivity index (χ0) is 23.9. The first-order valence-corrected chi connectivity index (χ1v) is 14.5. The molecule has 36 heavy (non-hydrogen) atoms. The van der Waals surface area contributed by atoms with Crippen molar-refractivity contribution in [3.05, 3.63) is 97.1 Å². The van der Waals surface area contributed by atoms with Gasteiger partial charge in [0.25, 0.3) is 0 Å². The summed E-state index contributed by atoms with van der Waals surface area (Å²) in [6, 6.07) is 33.4. The largest absolute Gasteiger partial charge is 0.222 e. The molecule has 0 radical (unpaired) electrons.